The third-order valence-electron chi connectivity index (χ3n) is 1.30. The highest BCUT2D eigenvalue weighted by Crippen LogP contribution is 2.06. The van der Waals surface area contributed by atoms with Crippen LogP contribution in [0.5, 0.6) is 0 Å². The van der Waals surface area contributed by atoms with Gasteiger partial charge in [0.05, 0.1) is 13.0 Å². The molecule has 0 amide bonds. The maximum absolute atomic E-state index is 10.8. The minimum absolute atomic E-state index is 0.0470. The van der Waals surface area contributed by atoms with Crippen molar-refractivity contribution in [2.45, 2.75) is 12.8 Å². The molecule has 0 fully saturated rings. The molecule has 0 saturated heterocycles. The van der Waals surface area contributed by atoms with Crippen LogP contribution in [0.2, 0.25) is 0 Å². The van der Waals surface area contributed by atoms with Crippen molar-refractivity contribution in [3.63, 3.8) is 0 Å². The zero-order chi connectivity index (χ0) is 8.69. The Morgan fingerprint density at radius 2 is 1.82 bits per heavy atom. The van der Waals surface area contributed by atoms with Crippen molar-refractivity contribution in [2.75, 3.05) is 7.11 Å². The Balaban J connectivity index is 3.95. The quantitative estimate of drug-likeness (QED) is 0.416. The summed E-state index contributed by atoms with van der Waals surface area (Å²) in [6.45, 7) is 0. The van der Waals surface area contributed by atoms with E-state index in [0.717, 1.165) is 0 Å². The van der Waals surface area contributed by atoms with E-state index in [2.05, 4.69) is 4.74 Å². The van der Waals surface area contributed by atoms with E-state index in [1.165, 1.54) is 7.11 Å². The molecule has 0 saturated carbocycles. The lowest BCUT2D eigenvalue weighted by Gasteiger charge is -2.06. The molecule has 0 bridgehead atoms. The Labute approximate surface area is 64.5 Å². The molecule has 0 aromatic heterocycles. The Kier molecular flexibility index (Phi) is 4.98. The molecule has 0 aliphatic heterocycles. The lowest BCUT2D eigenvalue weighted by molar-refractivity contribution is -0.147. The summed E-state index contributed by atoms with van der Waals surface area (Å²) in [6.07, 6.45) is 1.30. The number of carbonyl (C=O) groups is 3. The number of aldehydes is 2. The summed E-state index contributed by atoms with van der Waals surface area (Å²) < 4.78 is 4.36. The Morgan fingerprint density at radius 1 is 1.36 bits per heavy atom. The fourth-order valence-electron chi connectivity index (χ4n) is 0.688. The molecular weight excluding hydrogens is 148 g/mol. The maximum Gasteiger partial charge on any atom is 0.309 e. The van der Waals surface area contributed by atoms with Gasteiger partial charge in [-0.1, -0.05) is 0 Å². The average molecular weight is 158 g/mol. The van der Waals surface area contributed by atoms with Crippen LogP contribution < -0.4 is 0 Å². The number of rotatable bonds is 5. The molecule has 0 radical (unpaired) electrons. The monoisotopic (exact) mass is 158 g/mol. The first-order chi connectivity index (χ1) is 5.26. The highest BCUT2D eigenvalue weighted by Gasteiger charge is 2.17. The molecule has 4 nitrogen and oxygen atoms in total. The van der Waals surface area contributed by atoms with E-state index in [9.17, 15) is 14.4 Å². The highest BCUT2D eigenvalue weighted by atomic mass is 16.5. The van der Waals surface area contributed by atoms with Crippen LogP contribution in [-0.2, 0) is 19.1 Å². The predicted molar refractivity (Wildman–Crippen MR) is 36.9 cm³/mol. The zero-order valence-electron chi connectivity index (χ0n) is 6.28. The number of methoxy groups -OCH3 is 1. The first-order valence-corrected chi connectivity index (χ1v) is 3.21. The summed E-state index contributed by atoms with van der Waals surface area (Å²) in [4.78, 5) is 30.7. The van der Waals surface area contributed by atoms with E-state index in [-0.39, 0.29) is 12.8 Å². The molecule has 0 spiro atoms. The second-order valence-corrected chi connectivity index (χ2v) is 2.02. The van der Waals surface area contributed by atoms with Crippen molar-refractivity contribution in [3.8, 4) is 0 Å². The van der Waals surface area contributed by atoms with E-state index in [4.69, 9.17) is 0 Å². The number of esters is 1. The van der Waals surface area contributed by atoms with Crippen molar-refractivity contribution < 1.29 is 19.1 Å². The lowest BCUT2D eigenvalue weighted by atomic mass is 10.0. The van der Waals surface area contributed by atoms with Gasteiger partial charge in [0.1, 0.15) is 12.6 Å². The summed E-state index contributed by atoms with van der Waals surface area (Å²) in [5, 5.41) is 0. The van der Waals surface area contributed by atoms with Crippen LogP contribution in [0.1, 0.15) is 12.8 Å². The third kappa shape index (κ3) is 3.50. The number of carbonyl (C=O) groups excluding carboxylic acids is 3. The Bertz CT molecular complexity index is 143. The van der Waals surface area contributed by atoms with Crippen LogP contribution in [0.3, 0.4) is 0 Å². The molecule has 0 aromatic rings. The van der Waals surface area contributed by atoms with Crippen molar-refractivity contribution in [1.29, 1.82) is 0 Å². The summed E-state index contributed by atoms with van der Waals surface area (Å²) in [6, 6.07) is 0. The summed E-state index contributed by atoms with van der Waals surface area (Å²) in [7, 11) is 1.23. The van der Waals surface area contributed by atoms with Crippen LogP contribution in [0.15, 0.2) is 0 Å². The van der Waals surface area contributed by atoms with Gasteiger partial charge in [-0.25, -0.2) is 0 Å². The largest absolute Gasteiger partial charge is 0.469 e. The van der Waals surface area contributed by atoms with E-state index in [0.29, 0.717) is 12.6 Å². The molecule has 0 aromatic carbocycles. The normalized spacial score (nSPS) is 9.27. The Morgan fingerprint density at radius 3 is 2.09 bits per heavy atom. The smallest absolute Gasteiger partial charge is 0.309 e. The fourth-order valence-corrected chi connectivity index (χ4v) is 0.688. The van der Waals surface area contributed by atoms with Crippen LogP contribution in [0.25, 0.3) is 0 Å². The van der Waals surface area contributed by atoms with E-state index < -0.39 is 11.9 Å². The van der Waals surface area contributed by atoms with Gasteiger partial charge in [-0.05, 0) is 0 Å². The van der Waals surface area contributed by atoms with E-state index in [1.807, 2.05) is 0 Å². The molecule has 62 valence electrons. The first kappa shape index (κ1) is 9.81. The van der Waals surface area contributed by atoms with Gasteiger partial charge >= 0.3 is 5.97 Å². The molecule has 0 unspecified atom stereocenters. The van der Waals surface area contributed by atoms with Crippen molar-refractivity contribution in [3.05, 3.63) is 0 Å². The highest BCUT2D eigenvalue weighted by molar-refractivity contribution is 5.78. The van der Waals surface area contributed by atoms with Crippen LogP contribution in [-0.4, -0.2) is 25.7 Å². The van der Waals surface area contributed by atoms with Gasteiger partial charge in [0.2, 0.25) is 0 Å². The standard InChI is InChI=1S/C7H10O4/c1-11-7(10)6(2-4-8)3-5-9/h4-6H,2-3H2,1H3. The van der Waals surface area contributed by atoms with Crippen molar-refractivity contribution in [1.82, 2.24) is 0 Å². The molecule has 0 heterocycles. The topological polar surface area (TPSA) is 60.4 Å². The minimum atomic E-state index is -0.602. The molecule has 0 N–H and O–H groups in total. The SMILES string of the molecule is COC(=O)C(CC=O)CC=O. The lowest BCUT2D eigenvalue weighted by Crippen LogP contribution is -2.17. The van der Waals surface area contributed by atoms with E-state index in [1.54, 1.807) is 0 Å². The van der Waals surface area contributed by atoms with Crippen LogP contribution in [0, 0.1) is 5.92 Å². The van der Waals surface area contributed by atoms with Crippen molar-refractivity contribution >= 4 is 18.5 Å². The van der Waals surface area contributed by atoms with Crippen molar-refractivity contribution in [2.24, 2.45) is 5.92 Å². The third-order valence-corrected chi connectivity index (χ3v) is 1.30. The molecule has 0 atom stereocenters. The number of hydrogen-bond donors (Lipinski definition) is 0. The zero-order valence-corrected chi connectivity index (χ0v) is 6.28. The predicted octanol–water partition coefficient (Wildman–Crippen LogP) is -0.0464. The van der Waals surface area contributed by atoms with Gasteiger partial charge in [0.25, 0.3) is 0 Å². The van der Waals surface area contributed by atoms with Gasteiger partial charge in [-0.3, -0.25) is 4.79 Å². The maximum atomic E-state index is 10.8. The first-order valence-electron chi connectivity index (χ1n) is 3.21. The fraction of sp³-hybridized carbons (Fsp3) is 0.571. The van der Waals surface area contributed by atoms with Gasteiger partial charge < -0.3 is 14.3 Å². The molecule has 0 aliphatic rings. The van der Waals surface area contributed by atoms with Crippen LogP contribution >= 0.6 is 0 Å². The van der Waals surface area contributed by atoms with Gasteiger partial charge in [-0.15, -0.1) is 0 Å². The molecular formula is C7H10O4. The molecule has 0 aliphatic carbocycles. The number of hydrogen-bond acceptors (Lipinski definition) is 4. The summed E-state index contributed by atoms with van der Waals surface area (Å²) in [5.41, 5.74) is 0. The average Bonchev–Trinajstić information content (AvgIpc) is 2.03. The molecule has 0 rings (SSSR count). The molecule has 11 heavy (non-hydrogen) atoms. The number of ether oxygens (including phenoxy) is 1. The minimum Gasteiger partial charge on any atom is -0.469 e. The van der Waals surface area contributed by atoms with Crippen LogP contribution in [0.4, 0.5) is 0 Å². The van der Waals surface area contributed by atoms with Gasteiger partial charge in [-0.2, -0.15) is 0 Å². The Hall–Kier alpha value is -1.19. The molecule has 4 heteroatoms. The van der Waals surface area contributed by atoms with Gasteiger partial charge in [0.15, 0.2) is 0 Å². The van der Waals surface area contributed by atoms with E-state index >= 15 is 0 Å². The summed E-state index contributed by atoms with van der Waals surface area (Å²) in [5.74, 6) is -1.11. The second kappa shape index (κ2) is 5.58. The second-order valence-electron chi connectivity index (χ2n) is 2.02. The van der Waals surface area contributed by atoms with Gasteiger partial charge in [0, 0.05) is 12.8 Å². The summed E-state index contributed by atoms with van der Waals surface area (Å²) >= 11 is 0.